The summed E-state index contributed by atoms with van der Waals surface area (Å²) in [5, 5.41) is 20.6. The lowest BCUT2D eigenvalue weighted by atomic mass is 9.83. The van der Waals surface area contributed by atoms with Crippen molar-refractivity contribution in [1.82, 2.24) is 35.7 Å². The highest BCUT2D eigenvalue weighted by Gasteiger charge is 2.42. The van der Waals surface area contributed by atoms with Crippen molar-refractivity contribution in [3.63, 3.8) is 0 Å². The van der Waals surface area contributed by atoms with Crippen molar-refractivity contribution >= 4 is 23.9 Å². The number of carbonyl (C=O) groups excluding carboxylic acids is 4. The number of aliphatic hydroxyl groups is 1. The molecule has 63 heavy (non-hydrogen) atoms. The number of hydrogen-bond donors (Lipinski definition) is 5. The van der Waals surface area contributed by atoms with E-state index in [9.17, 15) is 24.3 Å². The summed E-state index contributed by atoms with van der Waals surface area (Å²) in [5.41, 5.74) is 1.30. The van der Waals surface area contributed by atoms with Crippen LogP contribution in [0.3, 0.4) is 0 Å². The van der Waals surface area contributed by atoms with Gasteiger partial charge in [-0.3, -0.25) is 9.59 Å². The summed E-state index contributed by atoms with van der Waals surface area (Å²) in [5.74, 6) is -0.311. The molecule has 352 valence electrons. The predicted molar refractivity (Wildman–Crippen MR) is 227 cm³/mol. The number of hydrogen-bond acceptors (Lipinski definition) is 14. The summed E-state index contributed by atoms with van der Waals surface area (Å²) in [6.07, 6.45) is 5.03. The number of likely N-dealkylation sites (N-methyl/N-ethyl adjacent to an activating group) is 1. The molecule has 1 saturated carbocycles. The van der Waals surface area contributed by atoms with Crippen LogP contribution in [-0.4, -0.2) is 179 Å². The summed E-state index contributed by atoms with van der Waals surface area (Å²) >= 11 is 0. The molecule has 20 heteroatoms. The molecule has 2 aliphatic heterocycles. The van der Waals surface area contributed by atoms with Gasteiger partial charge in [0.1, 0.15) is 55.8 Å². The Kier molecular flexibility index (Phi) is 20.6. The molecule has 1 aliphatic carbocycles. The molecule has 2 aromatic rings. The number of amides is 5. The fourth-order valence-corrected chi connectivity index (χ4v) is 8.03. The van der Waals surface area contributed by atoms with E-state index in [-0.39, 0.29) is 52.0 Å². The Morgan fingerprint density at radius 3 is 2.06 bits per heavy atom. The lowest BCUT2D eigenvalue weighted by molar-refractivity contribution is -0.156. The van der Waals surface area contributed by atoms with Crippen LogP contribution in [0.4, 0.5) is 9.59 Å². The van der Waals surface area contributed by atoms with E-state index >= 15 is 0 Å². The maximum absolute atomic E-state index is 14.5. The second-order valence-corrected chi connectivity index (χ2v) is 16.1. The van der Waals surface area contributed by atoms with E-state index in [1.807, 2.05) is 6.92 Å². The number of cyclic esters (lactones) is 1. The topological polar surface area (TPSA) is 234 Å². The number of nitrogens with one attached hydrogen (secondary N) is 4. The Bertz CT molecular complexity index is 1640. The molecule has 20 nitrogen and oxygen atoms in total. The Morgan fingerprint density at radius 1 is 0.857 bits per heavy atom. The number of aliphatic hydroxyl groups excluding tert-OH is 1. The van der Waals surface area contributed by atoms with E-state index in [2.05, 4.69) is 25.9 Å². The first-order valence-electron chi connectivity index (χ1n) is 21.9. The van der Waals surface area contributed by atoms with Gasteiger partial charge in [-0.1, -0.05) is 44.2 Å². The average molecular weight is 890 g/mol. The summed E-state index contributed by atoms with van der Waals surface area (Å²) in [6, 6.07) is 3.46. The van der Waals surface area contributed by atoms with Gasteiger partial charge in [0.25, 0.3) is 0 Å². The third-order valence-corrected chi connectivity index (χ3v) is 11.6. The molecule has 7 atom stereocenters. The number of benzene rings is 1. The normalized spacial score (nSPS) is 21.1. The van der Waals surface area contributed by atoms with Crippen molar-refractivity contribution in [3.8, 4) is 5.75 Å². The van der Waals surface area contributed by atoms with Crippen LogP contribution in [0.25, 0.3) is 0 Å². The van der Waals surface area contributed by atoms with Gasteiger partial charge in [0.15, 0.2) is 0 Å². The van der Waals surface area contributed by atoms with Crippen molar-refractivity contribution in [2.75, 3.05) is 87.5 Å². The largest absolute Gasteiger partial charge is 0.497 e. The van der Waals surface area contributed by atoms with Crippen LogP contribution < -0.4 is 20.7 Å². The first-order valence-corrected chi connectivity index (χ1v) is 21.9. The Hall–Kier alpha value is -4.57. The number of methoxy groups -OCH3 is 3. The van der Waals surface area contributed by atoms with Crippen molar-refractivity contribution in [1.29, 1.82) is 0 Å². The zero-order chi connectivity index (χ0) is 45.0. The van der Waals surface area contributed by atoms with Crippen molar-refractivity contribution in [2.45, 2.75) is 101 Å². The summed E-state index contributed by atoms with van der Waals surface area (Å²) in [6.45, 7) is 3.98. The first kappa shape index (κ1) is 49.4. The summed E-state index contributed by atoms with van der Waals surface area (Å²) in [7, 11) is 4.69. The minimum absolute atomic E-state index is 0.0259. The smallest absolute Gasteiger partial charge is 0.410 e. The molecule has 0 spiro atoms. The third-order valence-electron chi connectivity index (χ3n) is 11.6. The number of nitrogens with zero attached hydrogens (tertiary/aromatic N) is 3. The van der Waals surface area contributed by atoms with Gasteiger partial charge < -0.3 is 73.7 Å². The second kappa shape index (κ2) is 26.3. The molecule has 1 aromatic heterocycles. The lowest BCUT2D eigenvalue weighted by Crippen LogP contribution is -2.59. The number of carbonyl (C=O) groups is 4. The third kappa shape index (κ3) is 15.6. The van der Waals surface area contributed by atoms with E-state index in [0.717, 1.165) is 37.7 Å². The monoisotopic (exact) mass is 889 g/mol. The SMILES string of the molecule is CCN1CC(C(O)C(CC2CCCCC2)NC(=O)C(Cc2cnc[nH]2)NC(=O)C(Cc2ccc(OC)cc2)NC(=O)N2CC(OCOCCOC)C(OCOCCOC)C2)OC1=O. The maximum atomic E-state index is 14.5. The van der Waals surface area contributed by atoms with Gasteiger partial charge in [-0.25, -0.2) is 14.6 Å². The zero-order valence-corrected chi connectivity index (χ0v) is 37.0. The Balaban J connectivity index is 1.34. The van der Waals surface area contributed by atoms with Gasteiger partial charge in [-0.15, -0.1) is 0 Å². The van der Waals surface area contributed by atoms with Crippen LogP contribution >= 0.6 is 0 Å². The zero-order valence-electron chi connectivity index (χ0n) is 37.0. The summed E-state index contributed by atoms with van der Waals surface area (Å²) < 4.78 is 44.0. The number of rotatable bonds is 27. The molecule has 3 aliphatic rings. The highest BCUT2D eigenvalue weighted by atomic mass is 16.7. The van der Waals surface area contributed by atoms with Gasteiger partial charge >= 0.3 is 12.1 Å². The van der Waals surface area contributed by atoms with Crippen molar-refractivity contribution < 1.29 is 62.2 Å². The number of likely N-dealkylation sites (tertiary alicyclic amines) is 1. The maximum Gasteiger partial charge on any atom is 0.410 e. The highest BCUT2D eigenvalue weighted by Crippen LogP contribution is 2.30. The van der Waals surface area contributed by atoms with E-state index in [1.165, 1.54) is 16.1 Å². The second-order valence-electron chi connectivity index (χ2n) is 16.1. The fourth-order valence-electron chi connectivity index (χ4n) is 8.03. The minimum atomic E-state index is -1.20. The standard InChI is InChI=1S/C43H67N7O13/c1-5-49-25-38(63-43(49)55)39(51)33(19-29-9-7-6-8-10-29)46-41(53)35(21-31-22-44-26-45-31)47-40(52)34(20-30-11-13-32(58-4)14-12-30)48-42(54)50-23-36(61-27-59-17-15-56-2)37(24-50)62-28-60-18-16-57-3/h11-14,22,26,29,33-39,51H,5-10,15-21,23-25,27-28H2,1-4H3,(H,44,45)(H,46,53)(H,47,52)(H,48,54). The van der Waals surface area contributed by atoms with Crippen LogP contribution in [-0.2, 0) is 55.6 Å². The number of imidazole rings is 1. The molecule has 5 rings (SSSR count). The number of urea groups is 1. The van der Waals surface area contributed by atoms with Crippen LogP contribution in [0.5, 0.6) is 5.75 Å². The molecule has 1 aromatic carbocycles. The van der Waals surface area contributed by atoms with Gasteiger partial charge in [-0.2, -0.15) is 0 Å². The number of ether oxygens (including phenoxy) is 8. The average Bonchev–Trinajstić information content (AvgIpc) is 4.06. The fraction of sp³-hybridized carbons (Fsp3) is 0.698. The lowest BCUT2D eigenvalue weighted by Gasteiger charge is -2.33. The quantitative estimate of drug-likeness (QED) is 0.0636. The van der Waals surface area contributed by atoms with E-state index in [0.29, 0.717) is 50.8 Å². The van der Waals surface area contributed by atoms with Crippen molar-refractivity contribution in [2.24, 2.45) is 5.92 Å². The molecule has 7 unspecified atom stereocenters. The van der Waals surface area contributed by atoms with Gasteiger partial charge in [0.2, 0.25) is 11.8 Å². The van der Waals surface area contributed by atoms with Crippen LogP contribution in [0.2, 0.25) is 0 Å². The Morgan fingerprint density at radius 2 is 1.49 bits per heavy atom. The van der Waals surface area contributed by atoms with Gasteiger partial charge in [0, 0.05) is 45.5 Å². The predicted octanol–water partition coefficient (Wildman–Crippen LogP) is 1.75. The van der Waals surface area contributed by atoms with E-state index in [1.54, 1.807) is 51.8 Å². The Labute approximate surface area is 369 Å². The molecule has 0 bridgehead atoms. The molecule has 3 heterocycles. The van der Waals surface area contributed by atoms with E-state index in [4.69, 9.17) is 37.9 Å². The minimum Gasteiger partial charge on any atom is -0.497 e. The summed E-state index contributed by atoms with van der Waals surface area (Å²) in [4.78, 5) is 65.7. The first-order chi connectivity index (χ1) is 30.6. The number of H-pyrrole nitrogens is 1. The van der Waals surface area contributed by atoms with Crippen molar-refractivity contribution in [3.05, 3.63) is 48.0 Å². The molecule has 5 N–H and O–H groups in total. The molecule has 5 amide bonds. The number of aromatic nitrogens is 2. The molecular weight excluding hydrogens is 823 g/mol. The van der Waals surface area contributed by atoms with Crippen LogP contribution in [0.15, 0.2) is 36.8 Å². The van der Waals surface area contributed by atoms with E-state index < -0.39 is 66.5 Å². The van der Waals surface area contributed by atoms with Crippen LogP contribution in [0.1, 0.15) is 56.7 Å². The van der Waals surface area contributed by atoms with Crippen LogP contribution in [0, 0.1) is 5.92 Å². The van der Waals surface area contributed by atoms with Gasteiger partial charge in [0.05, 0.1) is 65.5 Å². The molecule has 2 saturated heterocycles. The molecule has 3 fully saturated rings. The van der Waals surface area contributed by atoms with Gasteiger partial charge in [-0.05, 0) is 37.0 Å². The molecule has 0 radical (unpaired) electrons. The number of aromatic amines is 1. The highest BCUT2D eigenvalue weighted by molar-refractivity contribution is 5.92. The molecular formula is C43H67N7O13.